The fourth-order valence-corrected chi connectivity index (χ4v) is 8.03. The number of hydrogen-bond donors (Lipinski definition) is 2. The molecule has 8 atom stereocenters. The normalized spacial score (nSPS) is 57.9. The van der Waals surface area contributed by atoms with Gasteiger partial charge in [0.25, 0.3) is 0 Å². The van der Waals surface area contributed by atoms with Crippen LogP contribution in [0.15, 0.2) is 23.8 Å². The number of carbonyl (C=O) groups is 2. The van der Waals surface area contributed by atoms with Crippen LogP contribution in [0.5, 0.6) is 0 Å². The van der Waals surface area contributed by atoms with Crippen LogP contribution in [0.1, 0.15) is 46.5 Å². The topological polar surface area (TPSA) is 66.9 Å². The molecule has 27 heavy (non-hydrogen) atoms. The molecule has 146 valence electrons. The minimum absolute atomic E-state index is 0.0786. The maximum atomic E-state index is 16.9. The van der Waals surface area contributed by atoms with E-state index in [9.17, 15) is 14.7 Å². The summed E-state index contributed by atoms with van der Waals surface area (Å²) in [6.45, 7) is 5.67. The highest BCUT2D eigenvalue weighted by atomic mass is 32.1. The van der Waals surface area contributed by atoms with Gasteiger partial charge in [-0.15, -0.1) is 12.6 Å². The maximum absolute atomic E-state index is 16.9. The highest BCUT2D eigenvalue weighted by Gasteiger charge is 2.88. The largest absolute Gasteiger partial charge is 0.390 e. The lowest BCUT2D eigenvalue weighted by Gasteiger charge is -2.62. The number of alkyl halides is 1. The lowest BCUT2D eigenvalue weighted by atomic mass is 9.45. The number of fused-ring (bicyclic) bond motifs is 7. The van der Waals surface area contributed by atoms with E-state index in [4.69, 9.17) is 4.74 Å². The summed E-state index contributed by atoms with van der Waals surface area (Å²) in [7, 11) is 0. The number of allylic oxidation sites excluding steroid dienone is 4. The van der Waals surface area contributed by atoms with Crippen molar-refractivity contribution in [1.82, 2.24) is 0 Å². The molecule has 0 radical (unpaired) electrons. The van der Waals surface area contributed by atoms with Crippen LogP contribution in [-0.2, 0) is 14.3 Å². The summed E-state index contributed by atoms with van der Waals surface area (Å²) in [6.07, 6.45) is 5.29. The second kappa shape index (κ2) is 4.77. The van der Waals surface area contributed by atoms with E-state index in [1.165, 1.54) is 12.2 Å². The van der Waals surface area contributed by atoms with Crippen LogP contribution in [-0.4, -0.2) is 39.0 Å². The van der Waals surface area contributed by atoms with E-state index in [2.05, 4.69) is 12.6 Å². The summed E-state index contributed by atoms with van der Waals surface area (Å²) in [5.74, 6) is -0.600. The molecule has 0 unspecified atom stereocenters. The Morgan fingerprint density at radius 1 is 1.30 bits per heavy atom. The van der Waals surface area contributed by atoms with Gasteiger partial charge in [0.05, 0.1) is 6.10 Å². The van der Waals surface area contributed by atoms with Gasteiger partial charge < -0.3 is 9.84 Å². The van der Waals surface area contributed by atoms with Crippen molar-refractivity contribution < 1.29 is 23.8 Å². The SMILES string of the molecule is C[C@@]12C[C@H]3[C@@H]4CCC5=CC(=O)C=C[C@]5(C)[C@@]4(F)[C@@H](O)C[C@]3(C)[C@@]1(C(=O)S)O2. The number of carbonyl (C=O) groups excluding carboxylic acids is 2. The minimum Gasteiger partial charge on any atom is -0.390 e. The van der Waals surface area contributed by atoms with E-state index in [1.54, 1.807) is 13.0 Å². The first-order valence-electron chi connectivity index (χ1n) is 9.71. The standard InChI is InChI=1S/C21H25FO4S/c1-17-7-6-12(23)8-11(17)4-5-13-14-9-19(3)21(26-19,16(25)27)18(14,2)10-15(24)20(13,17)22/h6-8,13-15,24H,4-5,9-10H2,1-3H3,(H,25,27)/t13-,14-,15-,17-,18-,19+,20-,21+/m0/s1. The summed E-state index contributed by atoms with van der Waals surface area (Å²) in [5.41, 5.74) is -4.42. The van der Waals surface area contributed by atoms with Crippen molar-refractivity contribution in [3.8, 4) is 0 Å². The van der Waals surface area contributed by atoms with Crippen molar-refractivity contribution >= 4 is 23.5 Å². The molecule has 4 aliphatic carbocycles. The van der Waals surface area contributed by atoms with Crippen molar-refractivity contribution in [1.29, 1.82) is 0 Å². The zero-order valence-corrected chi connectivity index (χ0v) is 16.7. The molecular formula is C21H25FO4S. The van der Waals surface area contributed by atoms with Gasteiger partial charge in [-0.25, -0.2) is 4.39 Å². The molecule has 4 fully saturated rings. The van der Waals surface area contributed by atoms with Crippen LogP contribution < -0.4 is 0 Å². The molecule has 1 saturated heterocycles. The van der Waals surface area contributed by atoms with Crippen LogP contribution in [0.25, 0.3) is 0 Å². The molecule has 5 aliphatic rings. The summed E-state index contributed by atoms with van der Waals surface area (Å²) in [6, 6.07) is 0. The van der Waals surface area contributed by atoms with E-state index in [0.717, 1.165) is 5.57 Å². The van der Waals surface area contributed by atoms with Crippen molar-refractivity contribution in [3.05, 3.63) is 23.8 Å². The smallest absolute Gasteiger partial charge is 0.221 e. The van der Waals surface area contributed by atoms with Crippen molar-refractivity contribution in [2.24, 2.45) is 22.7 Å². The van der Waals surface area contributed by atoms with Gasteiger partial charge in [0.2, 0.25) is 5.12 Å². The monoisotopic (exact) mass is 392 g/mol. The van der Waals surface area contributed by atoms with Gasteiger partial charge in [-0.3, -0.25) is 9.59 Å². The van der Waals surface area contributed by atoms with E-state index < -0.39 is 39.7 Å². The van der Waals surface area contributed by atoms with E-state index in [1.807, 2.05) is 13.8 Å². The number of epoxide rings is 1. The van der Waals surface area contributed by atoms with Crippen molar-refractivity contribution in [3.63, 3.8) is 0 Å². The lowest BCUT2D eigenvalue weighted by Crippen LogP contribution is -2.68. The Hall–Kier alpha value is -0.980. The molecule has 6 heteroatoms. The molecule has 0 bridgehead atoms. The Morgan fingerprint density at radius 2 is 2.00 bits per heavy atom. The van der Waals surface area contributed by atoms with Gasteiger partial charge in [-0.1, -0.05) is 18.6 Å². The Bertz CT molecular complexity index is 853. The summed E-state index contributed by atoms with van der Waals surface area (Å²) >= 11 is 4.12. The highest BCUT2D eigenvalue weighted by Crippen LogP contribution is 2.78. The molecule has 0 aromatic heterocycles. The summed E-state index contributed by atoms with van der Waals surface area (Å²) < 4.78 is 22.8. The number of ketones is 1. The molecule has 1 N–H and O–H groups in total. The molecule has 0 aromatic carbocycles. The molecule has 0 amide bonds. The number of rotatable bonds is 1. The van der Waals surface area contributed by atoms with Crippen LogP contribution in [0.4, 0.5) is 4.39 Å². The van der Waals surface area contributed by atoms with Gasteiger partial charge in [0.1, 0.15) is 5.60 Å². The van der Waals surface area contributed by atoms with Crippen molar-refractivity contribution in [2.45, 2.75) is 69.4 Å². The van der Waals surface area contributed by atoms with Gasteiger partial charge >= 0.3 is 0 Å². The molecule has 1 aliphatic heterocycles. The van der Waals surface area contributed by atoms with Crippen LogP contribution in [0.2, 0.25) is 0 Å². The zero-order valence-electron chi connectivity index (χ0n) is 15.8. The Kier molecular flexibility index (Phi) is 3.19. The minimum atomic E-state index is -1.87. The fraction of sp³-hybridized carbons (Fsp3) is 0.714. The predicted molar refractivity (Wildman–Crippen MR) is 100.0 cm³/mol. The van der Waals surface area contributed by atoms with E-state index >= 15 is 4.39 Å². The quantitative estimate of drug-likeness (QED) is 0.532. The Morgan fingerprint density at radius 3 is 2.67 bits per heavy atom. The number of thiol groups is 1. The predicted octanol–water partition coefficient (Wildman–Crippen LogP) is 2.95. The average Bonchev–Trinajstić information content (AvgIpc) is 3.17. The number of aliphatic hydroxyl groups is 1. The van der Waals surface area contributed by atoms with Gasteiger partial charge in [-0.2, -0.15) is 0 Å². The molecule has 0 aromatic rings. The first kappa shape index (κ1) is 18.1. The van der Waals surface area contributed by atoms with Crippen molar-refractivity contribution in [2.75, 3.05) is 0 Å². The van der Waals surface area contributed by atoms with E-state index in [-0.39, 0.29) is 23.2 Å². The second-order valence-corrected chi connectivity index (χ2v) is 10.2. The summed E-state index contributed by atoms with van der Waals surface area (Å²) in [4.78, 5) is 24.3. The number of ether oxygens (including phenoxy) is 1. The average molecular weight is 392 g/mol. The van der Waals surface area contributed by atoms with Crippen LogP contribution in [0.3, 0.4) is 0 Å². The van der Waals surface area contributed by atoms with Crippen LogP contribution in [0, 0.1) is 22.7 Å². The molecular weight excluding hydrogens is 367 g/mol. The molecule has 4 nitrogen and oxygen atoms in total. The third kappa shape index (κ3) is 1.67. The first-order chi connectivity index (χ1) is 12.5. The molecule has 0 spiro atoms. The van der Waals surface area contributed by atoms with Crippen LogP contribution >= 0.6 is 12.6 Å². The Balaban J connectivity index is 1.64. The maximum Gasteiger partial charge on any atom is 0.221 e. The third-order valence-corrected chi connectivity index (χ3v) is 9.14. The molecule has 5 rings (SSSR count). The van der Waals surface area contributed by atoms with Gasteiger partial charge in [0.15, 0.2) is 17.1 Å². The van der Waals surface area contributed by atoms with Gasteiger partial charge in [-0.05, 0) is 57.6 Å². The number of halogens is 1. The Labute approximate surface area is 163 Å². The number of aliphatic hydroxyl groups excluding tert-OH is 1. The lowest BCUT2D eigenvalue weighted by molar-refractivity contribution is -0.206. The van der Waals surface area contributed by atoms with E-state index in [0.29, 0.717) is 19.3 Å². The fourth-order valence-electron chi connectivity index (χ4n) is 7.49. The number of hydrogen-bond acceptors (Lipinski definition) is 4. The summed E-state index contributed by atoms with van der Waals surface area (Å²) in [5, 5.41) is 10.8. The molecule has 1 heterocycles. The third-order valence-electron chi connectivity index (χ3n) is 8.83. The van der Waals surface area contributed by atoms with Gasteiger partial charge in [0, 0.05) is 16.7 Å². The molecule has 3 saturated carbocycles. The second-order valence-electron chi connectivity index (χ2n) is 9.79. The zero-order chi connectivity index (χ0) is 19.6. The first-order valence-corrected chi connectivity index (χ1v) is 10.2. The highest BCUT2D eigenvalue weighted by molar-refractivity contribution is 7.96.